The van der Waals surface area contributed by atoms with Crippen molar-refractivity contribution in [2.45, 2.75) is 29.7 Å². The molecule has 3 rings (SSSR count). The summed E-state index contributed by atoms with van der Waals surface area (Å²) >= 11 is 1.67. The lowest BCUT2D eigenvalue weighted by Gasteiger charge is -2.14. The molecule has 1 aliphatic heterocycles. The summed E-state index contributed by atoms with van der Waals surface area (Å²) in [5, 5.41) is 11.5. The van der Waals surface area contributed by atoms with Crippen LogP contribution in [0.2, 0.25) is 0 Å². The van der Waals surface area contributed by atoms with Gasteiger partial charge in [-0.25, -0.2) is 4.98 Å². The van der Waals surface area contributed by atoms with E-state index in [0.29, 0.717) is 10.8 Å². The predicted octanol–water partition coefficient (Wildman–Crippen LogP) is 3.38. The third kappa shape index (κ3) is 2.44. The predicted molar refractivity (Wildman–Crippen MR) is 76.1 cm³/mol. The van der Waals surface area contributed by atoms with E-state index in [-0.39, 0.29) is 6.10 Å². The second-order valence-electron chi connectivity index (χ2n) is 4.67. The molecule has 0 radical (unpaired) electrons. The topological polar surface area (TPSA) is 45.9 Å². The first-order valence-corrected chi connectivity index (χ1v) is 7.24. The van der Waals surface area contributed by atoms with Gasteiger partial charge in [0.1, 0.15) is 11.1 Å². The molecular formula is C15H14N2OS. The first-order valence-electron chi connectivity index (χ1n) is 6.36. The van der Waals surface area contributed by atoms with Gasteiger partial charge in [-0.3, -0.25) is 0 Å². The average molecular weight is 270 g/mol. The van der Waals surface area contributed by atoms with Crippen molar-refractivity contribution in [3.63, 3.8) is 0 Å². The van der Waals surface area contributed by atoms with Crippen molar-refractivity contribution >= 4 is 22.7 Å². The third-order valence-corrected chi connectivity index (χ3v) is 4.84. The molecule has 0 saturated carbocycles. The maximum absolute atomic E-state index is 9.28. The Hall–Kier alpha value is -1.57. The minimum Gasteiger partial charge on any atom is -0.377 e. The molecule has 2 heterocycles. The van der Waals surface area contributed by atoms with Crippen LogP contribution in [0.5, 0.6) is 0 Å². The van der Waals surface area contributed by atoms with Crippen molar-refractivity contribution in [2.75, 3.05) is 6.61 Å². The Morgan fingerprint density at radius 1 is 1.42 bits per heavy atom. The number of hydrogen-bond donors (Lipinski definition) is 0. The number of pyridine rings is 1. The summed E-state index contributed by atoms with van der Waals surface area (Å²) in [4.78, 5) is 4.63. The molecule has 1 aromatic heterocycles. The van der Waals surface area contributed by atoms with Crippen LogP contribution in [0, 0.1) is 11.3 Å². The van der Waals surface area contributed by atoms with Crippen molar-refractivity contribution in [1.82, 2.24) is 4.98 Å². The van der Waals surface area contributed by atoms with Crippen LogP contribution in [-0.2, 0) is 4.74 Å². The molecule has 1 saturated heterocycles. The lowest BCUT2D eigenvalue weighted by Crippen LogP contribution is -2.13. The standard InChI is InChI=1S/C15H14N2OS/c1-10-14(6-7-18-10)19-15-12(9-16)8-11-4-2-3-5-13(11)17-15/h2-5,8,10,14H,6-7H2,1H3. The van der Waals surface area contributed by atoms with E-state index in [9.17, 15) is 5.26 Å². The SMILES string of the molecule is CC1OCCC1Sc1nc2ccccc2cc1C#N. The molecule has 0 amide bonds. The number of nitriles is 1. The second kappa shape index (κ2) is 5.20. The van der Waals surface area contributed by atoms with E-state index in [2.05, 4.69) is 18.0 Å². The zero-order valence-electron chi connectivity index (χ0n) is 10.7. The van der Waals surface area contributed by atoms with Gasteiger partial charge in [-0.1, -0.05) is 30.0 Å². The van der Waals surface area contributed by atoms with Crippen molar-refractivity contribution < 1.29 is 4.74 Å². The highest BCUT2D eigenvalue weighted by Gasteiger charge is 2.26. The minimum absolute atomic E-state index is 0.227. The quantitative estimate of drug-likeness (QED) is 0.839. The molecule has 0 bridgehead atoms. The van der Waals surface area contributed by atoms with Crippen molar-refractivity contribution in [2.24, 2.45) is 0 Å². The molecule has 1 aromatic carbocycles. The van der Waals surface area contributed by atoms with E-state index in [1.54, 1.807) is 11.8 Å². The molecule has 0 aliphatic carbocycles. The number of rotatable bonds is 2. The number of benzene rings is 1. The van der Waals surface area contributed by atoms with E-state index < -0.39 is 0 Å². The Morgan fingerprint density at radius 3 is 3.00 bits per heavy atom. The van der Waals surface area contributed by atoms with Gasteiger partial charge in [0.25, 0.3) is 0 Å². The fourth-order valence-corrected chi connectivity index (χ4v) is 3.43. The summed E-state index contributed by atoms with van der Waals surface area (Å²) in [6.07, 6.45) is 1.25. The molecule has 3 nitrogen and oxygen atoms in total. The molecule has 4 heteroatoms. The van der Waals surface area contributed by atoms with Crippen LogP contribution in [0.3, 0.4) is 0 Å². The second-order valence-corrected chi connectivity index (χ2v) is 5.89. The Labute approximate surface area is 116 Å². The van der Waals surface area contributed by atoms with E-state index >= 15 is 0 Å². The third-order valence-electron chi connectivity index (χ3n) is 3.38. The van der Waals surface area contributed by atoms with Crippen LogP contribution in [0.4, 0.5) is 0 Å². The largest absolute Gasteiger partial charge is 0.377 e. The summed E-state index contributed by atoms with van der Waals surface area (Å²) < 4.78 is 5.57. The highest BCUT2D eigenvalue weighted by molar-refractivity contribution is 8.00. The first kappa shape index (κ1) is 12.5. The molecule has 2 atom stereocenters. The number of fused-ring (bicyclic) bond motifs is 1. The zero-order valence-corrected chi connectivity index (χ0v) is 11.5. The van der Waals surface area contributed by atoms with Crippen molar-refractivity contribution in [1.29, 1.82) is 5.26 Å². The number of thioether (sulfide) groups is 1. The number of para-hydroxylation sites is 1. The molecular weight excluding hydrogens is 256 g/mol. The maximum Gasteiger partial charge on any atom is 0.115 e. The van der Waals surface area contributed by atoms with Crippen LogP contribution >= 0.6 is 11.8 Å². The van der Waals surface area contributed by atoms with Crippen molar-refractivity contribution in [3.05, 3.63) is 35.9 Å². The van der Waals surface area contributed by atoms with Gasteiger partial charge in [-0.15, -0.1) is 0 Å². The highest BCUT2D eigenvalue weighted by atomic mass is 32.2. The van der Waals surface area contributed by atoms with Gasteiger partial charge in [-0.05, 0) is 25.5 Å². The molecule has 0 N–H and O–H groups in total. The molecule has 1 fully saturated rings. The number of ether oxygens (including phenoxy) is 1. The van der Waals surface area contributed by atoms with Gasteiger partial charge in [0, 0.05) is 17.2 Å². The number of nitrogens with zero attached hydrogens (tertiary/aromatic N) is 2. The van der Waals surface area contributed by atoms with Crippen molar-refractivity contribution in [3.8, 4) is 6.07 Å². The monoisotopic (exact) mass is 270 g/mol. The van der Waals surface area contributed by atoms with Crippen LogP contribution in [0.25, 0.3) is 10.9 Å². The molecule has 96 valence electrons. The van der Waals surface area contributed by atoms with Gasteiger partial charge >= 0.3 is 0 Å². The minimum atomic E-state index is 0.227. The summed E-state index contributed by atoms with van der Waals surface area (Å²) in [5.74, 6) is 0. The fourth-order valence-electron chi connectivity index (χ4n) is 2.28. The Balaban J connectivity index is 1.99. The summed E-state index contributed by atoms with van der Waals surface area (Å²) in [6, 6.07) is 12.1. The van der Waals surface area contributed by atoms with Gasteiger partial charge in [-0.2, -0.15) is 5.26 Å². The highest BCUT2D eigenvalue weighted by Crippen LogP contribution is 2.34. The summed E-state index contributed by atoms with van der Waals surface area (Å²) in [6.45, 7) is 2.88. The van der Waals surface area contributed by atoms with E-state index in [4.69, 9.17) is 4.74 Å². The number of aromatic nitrogens is 1. The van der Waals surface area contributed by atoms with Crippen LogP contribution < -0.4 is 0 Å². The van der Waals surface area contributed by atoms with Gasteiger partial charge in [0.05, 0.1) is 17.2 Å². The molecule has 2 unspecified atom stereocenters. The van der Waals surface area contributed by atoms with Gasteiger partial charge in [0.15, 0.2) is 0 Å². The molecule has 1 aliphatic rings. The van der Waals surface area contributed by atoms with Gasteiger partial charge < -0.3 is 4.74 Å². The lowest BCUT2D eigenvalue weighted by molar-refractivity contribution is 0.127. The van der Waals surface area contributed by atoms with Crippen LogP contribution in [-0.4, -0.2) is 22.9 Å². The summed E-state index contributed by atoms with van der Waals surface area (Å²) in [5.41, 5.74) is 1.60. The Morgan fingerprint density at radius 2 is 2.26 bits per heavy atom. The summed E-state index contributed by atoms with van der Waals surface area (Å²) in [7, 11) is 0. The number of hydrogen-bond acceptors (Lipinski definition) is 4. The fraction of sp³-hybridized carbons (Fsp3) is 0.333. The van der Waals surface area contributed by atoms with E-state index in [1.807, 2.05) is 30.3 Å². The van der Waals surface area contributed by atoms with Crippen LogP contribution in [0.15, 0.2) is 35.4 Å². The first-order chi connectivity index (χ1) is 9.28. The molecule has 19 heavy (non-hydrogen) atoms. The Bertz CT molecular complexity index is 650. The maximum atomic E-state index is 9.28. The Kier molecular flexibility index (Phi) is 3.41. The zero-order chi connectivity index (χ0) is 13.2. The molecule has 0 spiro atoms. The lowest BCUT2D eigenvalue weighted by atomic mass is 10.2. The van der Waals surface area contributed by atoms with Crippen LogP contribution in [0.1, 0.15) is 18.9 Å². The normalized spacial score (nSPS) is 22.5. The average Bonchev–Trinajstić information content (AvgIpc) is 2.83. The van der Waals surface area contributed by atoms with E-state index in [1.165, 1.54) is 0 Å². The molecule has 2 aromatic rings. The van der Waals surface area contributed by atoms with E-state index in [0.717, 1.165) is 29.0 Å². The van der Waals surface area contributed by atoms with Gasteiger partial charge in [0.2, 0.25) is 0 Å². The smallest absolute Gasteiger partial charge is 0.115 e.